The zero-order chi connectivity index (χ0) is 25.7. The topological polar surface area (TPSA) is 106 Å². The first-order chi connectivity index (χ1) is 17.4. The van der Waals surface area contributed by atoms with E-state index >= 15 is 0 Å². The van der Waals surface area contributed by atoms with Crippen LogP contribution in [0.15, 0.2) is 71.6 Å². The van der Waals surface area contributed by atoms with Gasteiger partial charge >= 0.3 is 6.03 Å². The van der Waals surface area contributed by atoms with E-state index in [9.17, 15) is 13.2 Å². The Morgan fingerprint density at radius 2 is 1.56 bits per heavy atom. The predicted octanol–water partition coefficient (Wildman–Crippen LogP) is 3.82. The van der Waals surface area contributed by atoms with Crippen LogP contribution in [0.1, 0.15) is 17.2 Å². The molecule has 1 aliphatic heterocycles. The van der Waals surface area contributed by atoms with Crippen molar-refractivity contribution < 1.29 is 27.4 Å². The summed E-state index contributed by atoms with van der Waals surface area (Å²) in [5.74, 6) is 1.60. The summed E-state index contributed by atoms with van der Waals surface area (Å²) in [6.45, 7) is 0.347. The number of carbonyl (C=O) groups is 1. The van der Waals surface area contributed by atoms with E-state index in [1.807, 2.05) is 12.1 Å². The van der Waals surface area contributed by atoms with E-state index in [0.717, 1.165) is 11.1 Å². The molecule has 0 saturated carbocycles. The number of carbonyl (C=O) groups excluding carboxylic acids is 1. The minimum atomic E-state index is -3.79. The Labute approximate surface area is 211 Å². The number of nitrogens with zero attached hydrogens (tertiary/aromatic N) is 1. The Morgan fingerprint density at radius 3 is 2.25 bits per heavy atom. The molecule has 10 heteroatoms. The van der Waals surface area contributed by atoms with Gasteiger partial charge in [-0.2, -0.15) is 0 Å². The Kier molecular flexibility index (Phi) is 7.66. The SMILES string of the molecule is COc1ccccc1NC(=O)N1CCc2cc(OC)c(OC)cc2C1CNS(=O)(=O)c1ccccc1. The Hall–Kier alpha value is -3.76. The van der Waals surface area contributed by atoms with Crippen LogP contribution in [-0.4, -0.2) is 53.8 Å². The molecule has 0 aliphatic carbocycles. The number of fused-ring (bicyclic) bond motifs is 1. The van der Waals surface area contributed by atoms with Crippen LogP contribution in [0.5, 0.6) is 17.2 Å². The zero-order valence-corrected chi connectivity index (χ0v) is 21.2. The zero-order valence-electron chi connectivity index (χ0n) is 20.4. The fourth-order valence-electron chi connectivity index (χ4n) is 4.30. The van der Waals surface area contributed by atoms with Crippen LogP contribution in [0.4, 0.5) is 10.5 Å². The number of rotatable bonds is 8. The average Bonchev–Trinajstić information content (AvgIpc) is 2.91. The maximum atomic E-state index is 13.5. The molecule has 0 saturated heterocycles. The highest BCUT2D eigenvalue weighted by atomic mass is 32.2. The highest BCUT2D eigenvalue weighted by Crippen LogP contribution is 2.38. The van der Waals surface area contributed by atoms with E-state index in [2.05, 4.69) is 10.0 Å². The summed E-state index contributed by atoms with van der Waals surface area (Å²) in [5.41, 5.74) is 2.26. The van der Waals surface area contributed by atoms with E-state index in [1.54, 1.807) is 54.5 Å². The predicted molar refractivity (Wildman–Crippen MR) is 136 cm³/mol. The van der Waals surface area contributed by atoms with Crippen molar-refractivity contribution in [2.45, 2.75) is 17.4 Å². The normalized spacial score (nSPS) is 15.1. The molecule has 0 aromatic heterocycles. The standard InChI is InChI=1S/C26H29N3O6S/c1-33-23-12-8-7-11-21(23)28-26(30)29-14-13-18-15-24(34-2)25(35-3)16-20(18)22(29)17-27-36(31,32)19-9-5-4-6-10-19/h4-12,15-16,22,27H,13-14,17H2,1-3H3,(H,28,30). The van der Waals surface area contributed by atoms with Crippen molar-refractivity contribution in [3.63, 3.8) is 0 Å². The van der Waals surface area contributed by atoms with Gasteiger partial charge in [-0.3, -0.25) is 0 Å². The van der Waals surface area contributed by atoms with Gasteiger partial charge in [0.25, 0.3) is 0 Å². The van der Waals surface area contributed by atoms with Gasteiger partial charge in [0, 0.05) is 13.1 Å². The molecule has 190 valence electrons. The van der Waals surface area contributed by atoms with Gasteiger partial charge in [0.2, 0.25) is 10.0 Å². The Morgan fingerprint density at radius 1 is 0.917 bits per heavy atom. The van der Waals surface area contributed by atoms with Gasteiger partial charge in [0.15, 0.2) is 11.5 Å². The summed E-state index contributed by atoms with van der Waals surface area (Å²) in [6.07, 6.45) is 0.566. The molecule has 0 spiro atoms. The van der Waals surface area contributed by atoms with Crippen LogP contribution in [0.2, 0.25) is 0 Å². The van der Waals surface area contributed by atoms with Gasteiger partial charge < -0.3 is 24.4 Å². The maximum absolute atomic E-state index is 13.5. The molecule has 0 bridgehead atoms. The molecule has 3 aromatic rings. The van der Waals surface area contributed by atoms with Gasteiger partial charge in [-0.05, 0) is 53.9 Å². The van der Waals surface area contributed by atoms with Crippen LogP contribution in [0.25, 0.3) is 0 Å². The first kappa shape index (κ1) is 25.3. The molecule has 2 N–H and O–H groups in total. The van der Waals surface area contributed by atoms with E-state index in [0.29, 0.717) is 35.9 Å². The van der Waals surface area contributed by atoms with Gasteiger partial charge in [0.05, 0.1) is 38.0 Å². The lowest BCUT2D eigenvalue weighted by Gasteiger charge is -2.38. The number of methoxy groups -OCH3 is 3. The molecule has 1 unspecified atom stereocenters. The van der Waals surface area contributed by atoms with E-state index in [4.69, 9.17) is 14.2 Å². The number of benzene rings is 3. The fraction of sp³-hybridized carbons (Fsp3) is 0.269. The van der Waals surface area contributed by atoms with Crippen molar-refractivity contribution in [3.05, 3.63) is 77.9 Å². The second-order valence-electron chi connectivity index (χ2n) is 8.16. The third-order valence-corrected chi connectivity index (χ3v) is 7.57. The summed E-state index contributed by atoms with van der Waals surface area (Å²) in [4.78, 5) is 15.2. The second-order valence-corrected chi connectivity index (χ2v) is 9.93. The van der Waals surface area contributed by atoms with Gasteiger partial charge in [-0.25, -0.2) is 17.9 Å². The number of urea groups is 1. The molecule has 36 heavy (non-hydrogen) atoms. The molecular formula is C26H29N3O6S. The fourth-order valence-corrected chi connectivity index (χ4v) is 5.36. The second kappa shape index (κ2) is 10.9. The molecule has 1 aliphatic rings. The highest BCUT2D eigenvalue weighted by Gasteiger charge is 2.33. The lowest BCUT2D eigenvalue weighted by atomic mass is 9.92. The van der Waals surface area contributed by atoms with Crippen LogP contribution >= 0.6 is 0 Å². The molecule has 1 heterocycles. The molecule has 2 amide bonds. The first-order valence-corrected chi connectivity index (χ1v) is 12.9. The van der Waals surface area contributed by atoms with Crippen molar-refractivity contribution >= 4 is 21.7 Å². The summed E-state index contributed by atoms with van der Waals surface area (Å²) >= 11 is 0. The number of sulfonamides is 1. The van der Waals surface area contributed by atoms with Crippen LogP contribution in [0, 0.1) is 0 Å². The van der Waals surface area contributed by atoms with Crippen LogP contribution in [0.3, 0.4) is 0 Å². The maximum Gasteiger partial charge on any atom is 0.322 e. The molecule has 1 atom stereocenters. The van der Waals surface area contributed by atoms with E-state index in [-0.39, 0.29) is 17.5 Å². The van der Waals surface area contributed by atoms with Crippen molar-refractivity contribution in [3.8, 4) is 17.2 Å². The number of nitrogens with one attached hydrogen (secondary N) is 2. The molecule has 0 fully saturated rings. The minimum Gasteiger partial charge on any atom is -0.495 e. The van der Waals surface area contributed by atoms with E-state index < -0.39 is 16.1 Å². The van der Waals surface area contributed by atoms with Crippen molar-refractivity contribution in [1.82, 2.24) is 9.62 Å². The average molecular weight is 512 g/mol. The monoisotopic (exact) mass is 511 g/mol. The van der Waals surface area contributed by atoms with Crippen molar-refractivity contribution in [2.75, 3.05) is 39.7 Å². The highest BCUT2D eigenvalue weighted by molar-refractivity contribution is 7.89. The third kappa shape index (κ3) is 5.24. The molecule has 4 rings (SSSR count). The van der Waals surface area contributed by atoms with Crippen LogP contribution < -0.4 is 24.2 Å². The van der Waals surface area contributed by atoms with Crippen molar-refractivity contribution in [1.29, 1.82) is 0 Å². The number of anilines is 1. The molecule has 0 radical (unpaired) electrons. The third-order valence-electron chi connectivity index (χ3n) is 6.13. The van der Waals surface area contributed by atoms with Gasteiger partial charge in [-0.1, -0.05) is 30.3 Å². The summed E-state index contributed by atoms with van der Waals surface area (Å²) in [6, 6.07) is 17.9. The molecule has 9 nitrogen and oxygen atoms in total. The van der Waals surface area contributed by atoms with Gasteiger partial charge in [0.1, 0.15) is 5.75 Å². The lowest BCUT2D eigenvalue weighted by molar-refractivity contribution is 0.182. The lowest BCUT2D eigenvalue weighted by Crippen LogP contribution is -2.46. The Balaban J connectivity index is 1.68. The van der Waals surface area contributed by atoms with Crippen LogP contribution in [-0.2, 0) is 16.4 Å². The smallest absolute Gasteiger partial charge is 0.322 e. The number of amides is 2. The number of hydrogen-bond donors (Lipinski definition) is 2. The number of para-hydroxylation sites is 2. The quantitative estimate of drug-likeness (QED) is 0.476. The van der Waals surface area contributed by atoms with Crippen molar-refractivity contribution in [2.24, 2.45) is 0 Å². The summed E-state index contributed by atoms with van der Waals surface area (Å²) in [5, 5.41) is 2.90. The summed E-state index contributed by atoms with van der Waals surface area (Å²) in [7, 11) is 0.832. The minimum absolute atomic E-state index is 0.0287. The molecule has 3 aromatic carbocycles. The summed E-state index contributed by atoms with van der Waals surface area (Å²) < 4.78 is 44.9. The van der Waals surface area contributed by atoms with Gasteiger partial charge in [-0.15, -0.1) is 0 Å². The molecular weight excluding hydrogens is 482 g/mol. The number of hydrogen-bond acceptors (Lipinski definition) is 6. The largest absolute Gasteiger partial charge is 0.495 e. The Bertz CT molecular complexity index is 1330. The van der Waals surface area contributed by atoms with E-state index in [1.165, 1.54) is 26.4 Å². The number of ether oxygens (including phenoxy) is 3. The first-order valence-electron chi connectivity index (χ1n) is 11.4.